The molecule has 4 heteroatoms. The van der Waals surface area contributed by atoms with Crippen molar-refractivity contribution in [2.24, 2.45) is 7.05 Å². The summed E-state index contributed by atoms with van der Waals surface area (Å²) in [7, 11) is 5.05. The monoisotopic (exact) mass is 308 g/mol. The van der Waals surface area contributed by atoms with Crippen LogP contribution in [0.15, 0.2) is 54.7 Å². The van der Waals surface area contributed by atoms with Gasteiger partial charge in [-0.1, -0.05) is 12.1 Å². The minimum Gasteiger partial charge on any atom is -0.496 e. The number of benzene rings is 2. The van der Waals surface area contributed by atoms with Gasteiger partial charge in [0.1, 0.15) is 12.8 Å². The topological polar surface area (TPSA) is 39.4 Å². The van der Waals surface area contributed by atoms with E-state index >= 15 is 0 Å². The van der Waals surface area contributed by atoms with Gasteiger partial charge in [0.15, 0.2) is 6.20 Å². The molecule has 3 rings (SSSR count). The maximum atomic E-state index is 11.5. The lowest BCUT2D eigenvalue weighted by molar-refractivity contribution is -0.659. The van der Waals surface area contributed by atoms with Crippen LogP contribution in [0.4, 0.5) is 0 Å². The number of hydrogen-bond donors (Lipinski definition) is 0. The molecule has 1 aromatic heterocycles. The minimum absolute atomic E-state index is 0.329. The Hall–Kier alpha value is -2.88. The Kier molecular flexibility index (Phi) is 3.98. The second-order valence-electron chi connectivity index (χ2n) is 5.30. The first-order valence-electron chi connectivity index (χ1n) is 7.29. The second-order valence-corrected chi connectivity index (χ2v) is 5.30. The molecular formula is C19H18NO3+. The predicted octanol–water partition coefficient (Wildman–Crippen LogP) is 3.13. The summed E-state index contributed by atoms with van der Waals surface area (Å²) in [5.74, 6) is 0.523. The van der Waals surface area contributed by atoms with Crippen LogP contribution < -0.4 is 9.30 Å². The van der Waals surface area contributed by atoms with Gasteiger partial charge in [-0.15, -0.1) is 0 Å². The molecule has 4 nitrogen and oxygen atoms in total. The van der Waals surface area contributed by atoms with Crippen molar-refractivity contribution in [2.75, 3.05) is 14.2 Å². The highest BCUT2D eigenvalue weighted by Gasteiger charge is 2.14. The number of rotatable bonds is 3. The molecule has 0 bridgehead atoms. The molecule has 0 radical (unpaired) electrons. The summed E-state index contributed by atoms with van der Waals surface area (Å²) in [6.45, 7) is 0. The van der Waals surface area contributed by atoms with Gasteiger partial charge in [0, 0.05) is 11.6 Å². The Morgan fingerprint density at radius 2 is 1.78 bits per heavy atom. The van der Waals surface area contributed by atoms with Crippen LogP contribution >= 0.6 is 0 Å². The lowest BCUT2D eigenvalue weighted by Gasteiger charge is -2.07. The van der Waals surface area contributed by atoms with Crippen LogP contribution in [0.5, 0.6) is 5.75 Å². The standard InChI is InChI=1S/C19H18NO3/c1-20-12-16-15(5-4-6-18(16)22-2)11-17(20)13-7-9-14(10-8-13)19(21)23-3/h4-12H,1-3H3/q+1. The number of pyridine rings is 1. The van der Waals surface area contributed by atoms with E-state index in [9.17, 15) is 4.79 Å². The number of fused-ring (bicyclic) bond motifs is 1. The third kappa shape index (κ3) is 2.75. The summed E-state index contributed by atoms with van der Waals surface area (Å²) in [6, 6.07) is 15.5. The zero-order valence-corrected chi connectivity index (χ0v) is 13.4. The Balaban J connectivity index is 2.09. The number of nitrogens with zero attached hydrogens (tertiary/aromatic N) is 1. The van der Waals surface area contributed by atoms with Crippen LogP contribution in [0.2, 0.25) is 0 Å². The fraction of sp³-hybridized carbons (Fsp3) is 0.158. The zero-order chi connectivity index (χ0) is 16.4. The minimum atomic E-state index is -0.329. The Morgan fingerprint density at radius 3 is 2.43 bits per heavy atom. The molecule has 0 atom stereocenters. The average molecular weight is 308 g/mol. The van der Waals surface area contributed by atoms with Gasteiger partial charge in [-0.2, -0.15) is 0 Å². The van der Waals surface area contributed by atoms with Crippen LogP contribution in [0, 0.1) is 0 Å². The number of ether oxygens (including phenoxy) is 2. The van der Waals surface area contributed by atoms with E-state index in [1.807, 2.05) is 31.3 Å². The van der Waals surface area contributed by atoms with Crippen molar-refractivity contribution < 1.29 is 18.8 Å². The highest BCUT2D eigenvalue weighted by Crippen LogP contribution is 2.27. The van der Waals surface area contributed by atoms with Crippen molar-refractivity contribution in [1.82, 2.24) is 0 Å². The average Bonchev–Trinajstić information content (AvgIpc) is 2.60. The fourth-order valence-electron chi connectivity index (χ4n) is 2.70. The lowest BCUT2D eigenvalue weighted by atomic mass is 10.0. The summed E-state index contributed by atoms with van der Waals surface area (Å²) >= 11 is 0. The molecular weight excluding hydrogens is 290 g/mol. The quantitative estimate of drug-likeness (QED) is 0.551. The van der Waals surface area contributed by atoms with Crippen molar-refractivity contribution in [3.63, 3.8) is 0 Å². The Morgan fingerprint density at radius 1 is 1.04 bits per heavy atom. The molecule has 0 fully saturated rings. The summed E-state index contributed by atoms with van der Waals surface area (Å²) < 4.78 is 12.2. The van der Waals surface area contributed by atoms with Gasteiger partial charge in [-0.05, 0) is 35.7 Å². The number of carbonyl (C=O) groups excluding carboxylic acids is 1. The van der Waals surface area contributed by atoms with Crippen molar-refractivity contribution >= 4 is 16.7 Å². The highest BCUT2D eigenvalue weighted by atomic mass is 16.5. The summed E-state index contributed by atoms with van der Waals surface area (Å²) in [5, 5.41) is 2.17. The summed E-state index contributed by atoms with van der Waals surface area (Å²) in [6.07, 6.45) is 2.05. The van der Waals surface area contributed by atoms with Gasteiger partial charge in [0.2, 0.25) is 5.69 Å². The first-order valence-corrected chi connectivity index (χ1v) is 7.29. The van der Waals surface area contributed by atoms with E-state index in [0.717, 1.165) is 27.8 Å². The molecule has 0 N–H and O–H groups in total. The lowest BCUT2D eigenvalue weighted by Crippen LogP contribution is -2.30. The van der Waals surface area contributed by atoms with Crippen molar-refractivity contribution in [1.29, 1.82) is 0 Å². The van der Waals surface area contributed by atoms with E-state index in [-0.39, 0.29) is 5.97 Å². The third-order valence-corrected chi connectivity index (χ3v) is 3.92. The number of aromatic nitrogens is 1. The number of methoxy groups -OCH3 is 2. The number of hydrogen-bond acceptors (Lipinski definition) is 3. The molecule has 116 valence electrons. The van der Waals surface area contributed by atoms with Gasteiger partial charge >= 0.3 is 5.97 Å². The van der Waals surface area contributed by atoms with E-state index < -0.39 is 0 Å². The molecule has 0 aliphatic rings. The molecule has 0 aliphatic carbocycles. The molecule has 0 spiro atoms. The van der Waals surface area contributed by atoms with Crippen LogP contribution in [-0.4, -0.2) is 20.2 Å². The third-order valence-electron chi connectivity index (χ3n) is 3.92. The van der Waals surface area contributed by atoms with Crippen molar-refractivity contribution in [3.8, 4) is 17.0 Å². The van der Waals surface area contributed by atoms with E-state index in [4.69, 9.17) is 9.47 Å². The molecule has 1 heterocycles. The van der Waals surface area contributed by atoms with Gasteiger partial charge in [0.25, 0.3) is 0 Å². The molecule has 2 aromatic carbocycles. The van der Waals surface area contributed by atoms with E-state index in [1.165, 1.54) is 7.11 Å². The number of esters is 1. The zero-order valence-electron chi connectivity index (χ0n) is 13.4. The van der Waals surface area contributed by atoms with E-state index in [1.54, 1.807) is 19.2 Å². The summed E-state index contributed by atoms with van der Waals surface area (Å²) in [5.41, 5.74) is 2.63. The van der Waals surface area contributed by atoms with Crippen LogP contribution in [0.1, 0.15) is 10.4 Å². The fourth-order valence-corrected chi connectivity index (χ4v) is 2.70. The largest absolute Gasteiger partial charge is 0.496 e. The molecule has 0 amide bonds. The Bertz CT molecular complexity index is 870. The van der Waals surface area contributed by atoms with Gasteiger partial charge < -0.3 is 9.47 Å². The molecule has 0 aliphatic heterocycles. The Labute approximate surface area is 134 Å². The van der Waals surface area contributed by atoms with Gasteiger partial charge in [-0.25, -0.2) is 9.36 Å². The first kappa shape index (κ1) is 15.0. The highest BCUT2D eigenvalue weighted by molar-refractivity contribution is 5.91. The maximum Gasteiger partial charge on any atom is 0.337 e. The predicted molar refractivity (Wildman–Crippen MR) is 88.5 cm³/mol. The number of carbonyl (C=O) groups is 1. The van der Waals surface area contributed by atoms with Crippen LogP contribution in [0.3, 0.4) is 0 Å². The molecule has 0 saturated carbocycles. The molecule has 0 saturated heterocycles. The van der Waals surface area contributed by atoms with Gasteiger partial charge in [-0.3, -0.25) is 0 Å². The van der Waals surface area contributed by atoms with Crippen molar-refractivity contribution in [3.05, 3.63) is 60.3 Å². The van der Waals surface area contributed by atoms with E-state index in [0.29, 0.717) is 5.56 Å². The van der Waals surface area contributed by atoms with Crippen LogP contribution in [0.25, 0.3) is 22.0 Å². The van der Waals surface area contributed by atoms with Crippen molar-refractivity contribution in [2.45, 2.75) is 0 Å². The molecule has 0 unspecified atom stereocenters. The van der Waals surface area contributed by atoms with Gasteiger partial charge in [0.05, 0.1) is 25.2 Å². The summed E-state index contributed by atoms with van der Waals surface area (Å²) in [4.78, 5) is 11.5. The maximum absolute atomic E-state index is 11.5. The smallest absolute Gasteiger partial charge is 0.337 e. The SMILES string of the molecule is COC(=O)c1ccc(-c2cc3cccc(OC)c3c[n+]2C)cc1. The second kappa shape index (κ2) is 6.08. The normalized spacial score (nSPS) is 10.6. The molecule has 23 heavy (non-hydrogen) atoms. The molecule has 3 aromatic rings. The van der Waals surface area contributed by atoms with Crippen LogP contribution in [-0.2, 0) is 11.8 Å². The van der Waals surface area contributed by atoms with E-state index in [2.05, 4.69) is 22.9 Å². The number of aryl methyl sites for hydroxylation is 1. The first-order chi connectivity index (χ1) is 11.1.